The van der Waals surface area contributed by atoms with E-state index in [-0.39, 0.29) is 0 Å². The van der Waals surface area contributed by atoms with E-state index in [9.17, 15) is 0 Å². The van der Waals surface area contributed by atoms with Gasteiger partial charge in [-0.15, -0.1) is 0 Å². The van der Waals surface area contributed by atoms with Crippen LogP contribution in [0.15, 0.2) is 0 Å². The Morgan fingerprint density at radius 1 is 1.62 bits per heavy atom. The van der Waals surface area contributed by atoms with Crippen LogP contribution in [0.25, 0.3) is 0 Å². The predicted octanol–water partition coefficient (Wildman–Crippen LogP) is 2.65. The molecule has 2 atom stereocenters. The zero-order chi connectivity index (χ0) is 5.98. The first kappa shape index (κ1) is 6.12. The van der Waals surface area contributed by atoms with E-state index in [1.54, 1.807) is 0 Å². The Bertz CT molecular complexity index is 66.4. The van der Waals surface area contributed by atoms with Gasteiger partial charge < -0.3 is 0 Å². The van der Waals surface area contributed by atoms with Crippen molar-refractivity contribution < 1.29 is 0 Å². The van der Waals surface area contributed by atoms with Gasteiger partial charge in [0.1, 0.15) is 0 Å². The van der Waals surface area contributed by atoms with Gasteiger partial charge in [-0.25, -0.2) is 0 Å². The fourth-order valence-corrected chi connectivity index (χ4v) is 1.59. The molecule has 0 heterocycles. The predicted molar refractivity (Wildman–Crippen MR) is 36.5 cm³/mol. The molecular formula is C8H15. The molecule has 1 saturated carbocycles. The average molecular weight is 111 g/mol. The molecule has 0 spiro atoms. The summed E-state index contributed by atoms with van der Waals surface area (Å²) in [6.45, 7) is 4.64. The maximum Gasteiger partial charge on any atom is -0.0352 e. The largest absolute Gasteiger partial charge is 0.0651 e. The first-order valence-corrected chi connectivity index (χ1v) is 3.68. The maximum atomic E-state index is 2.48. The van der Waals surface area contributed by atoms with Gasteiger partial charge in [0.25, 0.3) is 0 Å². The zero-order valence-electron chi connectivity index (χ0n) is 5.85. The molecule has 1 radical (unpaired) electrons. The van der Waals surface area contributed by atoms with Gasteiger partial charge in [0.2, 0.25) is 0 Å². The molecule has 0 nitrogen and oxygen atoms in total. The molecule has 8 heavy (non-hydrogen) atoms. The van der Waals surface area contributed by atoms with E-state index < -0.39 is 0 Å². The second kappa shape index (κ2) is 2.52. The second-order valence-electron chi connectivity index (χ2n) is 2.86. The van der Waals surface area contributed by atoms with Crippen LogP contribution in [0.4, 0.5) is 0 Å². The Hall–Kier alpha value is 0. The topological polar surface area (TPSA) is 0 Å². The highest BCUT2D eigenvalue weighted by Crippen LogP contribution is 2.31. The third-order valence-electron chi connectivity index (χ3n) is 2.29. The van der Waals surface area contributed by atoms with Gasteiger partial charge in [0.15, 0.2) is 0 Å². The average Bonchev–Trinajstić information content (AvgIpc) is 2.14. The summed E-state index contributed by atoms with van der Waals surface area (Å²) in [5.74, 6) is 1.91. The highest BCUT2D eigenvalue weighted by atomic mass is 14.3. The van der Waals surface area contributed by atoms with Crippen LogP contribution in [0.1, 0.15) is 33.1 Å². The van der Waals surface area contributed by atoms with Crippen molar-refractivity contribution in [2.45, 2.75) is 33.1 Å². The van der Waals surface area contributed by atoms with E-state index in [1.165, 1.54) is 19.3 Å². The summed E-state index contributed by atoms with van der Waals surface area (Å²) < 4.78 is 0. The van der Waals surface area contributed by atoms with Crippen molar-refractivity contribution in [1.29, 1.82) is 0 Å². The van der Waals surface area contributed by atoms with Crippen molar-refractivity contribution in [3.8, 4) is 0 Å². The fourth-order valence-electron chi connectivity index (χ4n) is 1.59. The van der Waals surface area contributed by atoms with E-state index in [1.807, 2.05) is 0 Å². The van der Waals surface area contributed by atoms with Crippen LogP contribution in [0, 0.1) is 18.3 Å². The second-order valence-corrected chi connectivity index (χ2v) is 2.86. The molecule has 0 bridgehead atoms. The maximum absolute atomic E-state index is 2.48. The molecule has 0 N–H and O–H groups in total. The molecule has 47 valence electrons. The minimum Gasteiger partial charge on any atom is -0.0651 e. The molecule has 0 aromatic heterocycles. The van der Waals surface area contributed by atoms with Crippen LogP contribution in [0.3, 0.4) is 0 Å². The van der Waals surface area contributed by atoms with Crippen LogP contribution >= 0.6 is 0 Å². The van der Waals surface area contributed by atoms with Crippen LogP contribution in [0.2, 0.25) is 0 Å². The molecule has 0 aromatic carbocycles. The SMILES string of the molecule is CCC1[CH]CCC1C. The summed E-state index contributed by atoms with van der Waals surface area (Å²) >= 11 is 0. The van der Waals surface area contributed by atoms with Crippen LogP contribution in [-0.2, 0) is 0 Å². The van der Waals surface area contributed by atoms with Crippen molar-refractivity contribution in [3.05, 3.63) is 6.42 Å². The van der Waals surface area contributed by atoms with Crippen LogP contribution < -0.4 is 0 Å². The summed E-state index contributed by atoms with van der Waals surface area (Å²) in [6.07, 6.45) is 6.62. The van der Waals surface area contributed by atoms with Gasteiger partial charge in [-0.1, -0.05) is 26.7 Å². The van der Waals surface area contributed by atoms with E-state index in [0.717, 1.165) is 11.8 Å². The van der Waals surface area contributed by atoms with Crippen molar-refractivity contribution in [3.63, 3.8) is 0 Å². The van der Waals surface area contributed by atoms with E-state index in [0.29, 0.717) is 0 Å². The summed E-state index contributed by atoms with van der Waals surface area (Å²) in [7, 11) is 0. The lowest BCUT2D eigenvalue weighted by molar-refractivity contribution is 0.445. The molecular weight excluding hydrogens is 96.1 g/mol. The minimum absolute atomic E-state index is 0.940. The van der Waals surface area contributed by atoms with Crippen molar-refractivity contribution >= 4 is 0 Å². The van der Waals surface area contributed by atoms with Gasteiger partial charge in [-0.05, 0) is 24.7 Å². The Kier molecular flexibility index (Phi) is 1.93. The Balaban J connectivity index is 2.30. The summed E-state index contributed by atoms with van der Waals surface area (Å²) in [6, 6.07) is 0. The number of rotatable bonds is 1. The van der Waals surface area contributed by atoms with Gasteiger partial charge in [-0.2, -0.15) is 0 Å². The Morgan fingerprint density at radius 3 is 2.62 bits per heavy atom. The molecule has 0 amide bonds. The smallest absolute Gasteiger partial charge is 0.0352 e. The van der Waals surface area contributed by atoms with Crippen LogP contribution in [-0.4, -0.2) is 0 Å². The molecule has 0 saturated heterocycles. The van der Waals surface area contributed by atoms with Crippen molar-refractivity contribution in [2.24, 2.45) is 11.8 Å². The van der Waals surface area contributed by atoms with E-state index >= 15 is 0 Å². The normalized spacial score (nSPS) is 38.2. The van der Waals surface area contributed by atoms with Gasteiger partial charge >= 0.3 is 0 Å². The first-order chi connectivity index (χ1) is 3.84. The summed E-state index contributed by atoms with van der Waals surface area (Å²) in [5.41, 5.74) is 0. The lowest BCUT2D eigenvalue weighted by Gasteiger charge is -2.10. The molecule has 1 rings (SSSR count). The summed E-state index contributed by atoms with van der Waals surface area (Å²) in [5, 5.41) is 0. The minimum atomic E-state index is 0.940. The van der Waals surface area contributed by atoms with E-state index in [2.05, 4.69) is 20.3 Å². The third kappa shape index (κ3) is 1.04. The Morgan fingerprint density at radius 2 is 2.38 bits per heavy atom. The quantitative estimate of drug-likeness (QED) is 0.488. The Labute approximate surface area is 52.3 Å². The van der Waals surface area contributed by atoms with Gasteiger partial charge in [0.05, 0.1) is 0 Å². The van der Waals surface area contributed by atoms with E-state index in [4.69, 9.17) is 0 Å². The molecule has 1 aliphatic rings. The zero-order valence-corrected chi connectivity index (χ0v) is 5.85. The number of hydrogen-bond acceptors (Lipinski definition) is 0. The highest BCUT2D eigenvalue weighted by molar-refractivity contribution is 4.86. The summed E-state index contributed by atoms with van der Waals surface area (Å²) in [4.78, 5) is 0. The lowest BCUT2D eigenvalue weighted by atomic mass is 9.96. The first-order valence-electron chi connectivity index (χ1n) is 3.68. The van der Waals surface area contributed by atoms with Gasteiger partial charge in [-0.3, -0.25) is 0 Å². The number of hydrogen-bond donors (Lipinski definition) is 0. The highest BCUT2D eigenvalue weighted by Gasteiger charge is 2.20. The molecule has 1 fully saturated rings. The lowest BCUT2D eigenvalue weighted by Crippen LogP contribution is -2.00. The molecule has 0 aromatic rings. The monoisotopic (exact) mass is 111 g/mol. The molecule has 0 aliphatic heterocycles. The standard InChI is InChI=1S/C8H15/c1-3-8-6-4-5-7(8)2/h6-8H,3-5H2,1-2H3. The van der Waals surface area contributed by atoms with Crippen molar-refractivity contribution in [1.82, 2.24) is 0 Å². The molecule has 1 aliphatic carbocycles. The third-order valence-corrected chi connectivity index (χ3v) is 2.29. The molecule has 0 heteroatoms. The fraction of sp³-hybridized carbons (Fsp3) is 0.875. The van der Waals surface area contributed by atoms with Gasteiger partial charge in [0, 0.05) is 0 Å². The van der Waals surface area contributed by atoms with Crippen molar-refractivity contribution in [2.75, 3.05) is 0 Å². The van der Waals surface area contributed by atoms with Crippen LogP contribution in [0.5, 0.6) is 0 Å². The molecule has 2 unspecified atom stereocenters.